The van der Waals surface area contributed by atoms with E-state index in [0.29, 0.717) is 19.4 Å². The van der Waals surface area contributed by atoms with Crippen LogP contribution < -0.4 is 0 Å². The van der Waals surface area contributed by atoms with Gasteiger partial charge in [-0.3, -0.25) is 4.57 Å². The van der Waals surface area contributed by atoms with Gasteiger partial charge in [-0.15, -0.1) is 0 Å². The molecule has 0 fully saturated rings. The fourth-order valence-corrected chi connectivity index (χ4v) is 2.77. The summed E-state index contributed by atoms with van der Waals surface area (Å²) in [5.74, 6) is 0. The van der Waals surface area contributed by atoms with Crippen molar-refractivity contribution >= 4 is 23.5 Å². The summed E-state index contributed by atoms with van der Waals surface area (Å²) < 4.78 is 23.5. The molecule has 16 heavy (non-hydrogen) atoms. The maximum atomic E-state index is 12.0. The highest BCUT2D eigenvalue weighted by Gasteiger charge is 2.21. The number of benzene rings is 1. The van der Waals surface area contributed by atoms with Crippen LogP contribution in [0.4, 0.5) is 0 Å². The molecule has 0 aliphatic heterocycles. The molecule has 0 amide bonds. The lowest BCUT2D eigenvalue weighted by atomic mass is 10.2. The Hall–Kier alpha value is -0.150. The van der Waals surface area contributed by atoms with Gasteiger partial charge in [-0.05, 0) is 18.6 Å². The normalized spacial score (nSPS) is 14.7. The molecule has 0 aliphatic carbocycles. The molecule has 0 bridgehead atoms. The Bertz CT molecular complexity index is 381. The first-order valence-electron chi connectivity index (χ1n) is 5.23. The highest BCUT2D eigenvalue weighted by Crippen LogP contribution is 2.48. The third-order valence-electron chi connectivity index (χ3n) is 2.09. The predicted molar refractivity (Wildman–Crippen MR) is 68.7 cm³/mol. The van der Waals surface area contributed by atoms with Crippen LogP contribution in [-0.2, 0) is 20.2 Å². The monoisotopic (exact) mass is 306 g/mol. The first-order chi connectivity index (χ1) is 7.61. The SMILES string of the molecule is CCOP(=O)(CC)OCc1ccccc1Br. The smallest absolute Gasteiger partial charge is 0.309 e. The van der Waals surface area contributed by atoms with E-state index >= 15 is 0 Å². The molecule has 5 heteroatoms. The van der Waals surface area contributed by atoms with Crippen molar-refractivity contribution in [3.8, 4) is 0 Å². The van der Waals surface area contributed by atoms with Gasteiger partial charge in [0.25, 0.3) is 0 Å². The van der Waals surface area contributed by atoms with Gasteiger partial charge in [0.2, 0.25) is 0 Å². The fraction of sp³-hybridized carbons (Fsp3) is 0.455. The lowest BCUT2D eigenvalue weighted by molar-refractivity contribution is 0.205. The minimum Gasteiger partial charge on any atom is -0.309 e. The molecule has 0 heterocycles. The Morgan fingerprint density at radius 3 is 2.50 bits per heavy atom. The van der Waals surface area contributed by atoms with Crippen LogP contribution in [0.3, 0.4) is 0 Å². The van der Waals surface area contributed by atoms with Crippen molar-refractivity contribution in [2.75, 3.05) is 12.8 Å². The van der Waals surface area contributed by atoms with Crippen LogP contribution in [0.2, 0.25) is 0 Å². The van der Waals surface area contributed by atoms with Gasteiger partial charge in [-0.2, -0.15) is 0 Å². The summed E-state index contributed by atoms with van der Waals surface area (Å²) in [5, 5.41) is 0. The van der Waals surface area contributed by atoms with Crippen LogP contribution >= 0.6 is 23.5 Å². The van der Waals surface area contributed by atoms with E-state index in [2.05, 4.69) is 15.9 Å². The second-order valence-electron chi connectivity index (χ2n) is 3.21. The zero-order valence-corrected chi connectivity index (χ0v) is 12.0. The zero-order valence-electron chi connectivity index (χ0n) is 9.48. The van der Waals surface area contributed by atoms with E-state index in [1.165, 1.54) is 0 Å². The Labute approximate surface area is 105 Å². The van der Waals surface area contributed by atoms with Crippen LogP contribution in [0.15, 0.2) is 28.7 Å². The molecule has 3 nitrogen and oxygen atoms in total. The summed E-state index contributed by atoms with van der Waals surface area (Å²) in [6, 6.07) is 7.70. The number of rotatable bonds is 6. The van der Waals surface area contributed by atoms with Crippen molar-refractivity contribution in [2.24, 2.45) is 0 Å². The van der Waals surface area contributed by atoms with Crippen molar-refractivity contribution in [2.45, 2.75) is 20.5 Å². The molecule has 0 N–H and O–H groups in total. The third kappa shape index (κ3) is 4.02. The Kier molecular flexibility index (Phi) is 5.70. The molecule has 0 radical (unpaired) electrons. The number of hydrogen-bond acceptors (Lipinski definition) is 3. The molecular formula is C11H16BrO3P. The van der Waals surface area contributed by atoms with Gasteiger partial charge < -0.3 is 9.05 Å². The van der Waals surface area contributed by atoms with Crippen LogP contribution in [-0.4, -0.2) is 12.8 Å². The lowest BCUT2D eigenvalue weighted by Crippen LogP contribution is -1.99. The predicted octanol–water partition coefficient (Wildman–Crippen LogP) is 4.22. The summed E-state index contributed by atoms with van der Waals surface area (Å²) >= 11 is 3.41. The summed E-state index contributed by atoms with van der Waals surface area (Å²) in [7, 11) is -2.91. The van der Waals surface area contributed by atoms with Gasteiger partial charge in [0, 0.05) is 10.6 Å². The minimum atomic E-state index is -2.91. The second kappa shape index (κ2) is 6.55. The van der Waals surface area contributed by atoms with Gasteiger partial charge in [0.15, 0.2) is 0 Å². The molecule has 1 atom stereocenters. The molecule has 1 unspecified atom stereocenters. The van der Waals surface area contributed by atoms with Crippen molar-refractivity contribution in [3.05, 3.63) is 34.3 Å². The second-order valence-corrected chi connectivity index (χ2v) is 6.43. The van der Waals surface area contributed by atoms with Crippen molar-refractivity contribution < 1.29 is 13.6 Å². The maximum Gasteiger partial charge on any atom is 0.330 e. The maximum absolute atomic E-state index is 12.0. The highest BCUT2D eigenvalue weighted by atomic mass is 79.9. The Balaban J connectivity index is 2.63. The van der Waals surface area contributed by atoms with Crippen molar-refractivity contribution in [1.82, 2.24) is 0 Å². The van der Waals surface area contributed by atoms with Crippen LogP contribution in [0.1, 0.15) is 19.4 Å². The summed E-state index contributed by atoms with van der Waals surface area (Å²) in [6.07, 6.45) is 0.394. The molecule has 0 saturated carbocycles. The summed E-state index contributed by atoms with van der Waals surface area (Å²) in [5.41, 5.74) is 0.968. The van der Waals surface area contributed by atoms with Crippen LogP contribution in [0.25, 0.3) is 0 Å². The Morgan fingerprint density at radius 1 is 1.25 bits per heavy atom. The topological polar surface area (TPSA) is 35.5 Å². The van der Waals surface area contributed by atoms with E-state index in [9.17, 15) is 4.57 Å². The van der Waals surface area contributed by atoms with Gasteiger partial charge in [0.1, 0.15) is 0 Å². The zero-order chi connectivity index (χ0) is 12.0. The lowest BCUT2D eigenvalue weighted by Gasteiger charge is -2.16. The highest BCUT2D eigenvalue weighted by molar-refractivity contribution is 9.10. The molecule has 0 spiro atoms. The standard InChI is InChI=1S/C11H16BrO3P/c1-3-14-16(13,4-2)15-9-10-7-5-6-8-11(10)12/h5-8H,3-4,9H2,1-2H3. The van der Waals surface area contributed by atoms with Crippen LogP contribution in [0.5, 0.6) is 0 Å². The molecule has 1 rings (SSSR count). The van der Waals surface area contributed by atoms with Gasteiger partial charge in [-0.1, -0.05) is 41.1 Å². The molecular weight excluding hydrogens is 291 g/mol. The average Bonchev–Trinajstić information content (AvgIpc) is 2.28. The number of hydrogen-bond donors (Lipinski definition) is 0. The molecule has 1 aromatic carbocycles. The van der Waals surface area contributed by atoms with E-state index in [0.717, 1.165) is 10.0 Å². The molecule has 0 saturated heterocycles. The number of halogens is 1. The largest absolute Gasteiger partial charge is 0.330 e. The molecule has 0 aromatic heterocycles. The minimum absolute atomic E-state index is 0.298. The van der Waals surface area contributed by atoms with E-state index < -0.39 is 7.60 Å². The molecule has 0 aliphatic rings. The first kappa shape index (κ1) is 13.9. The summed E-state index contributed by atoms with van der Waals surface area (Å²) in [4.78, 5) is 0. The van der Waals surface area contributed by atoms with E-state index in [4.69, 9.17) is 9.05 Å². The first-order valence-corrected chi connectivity index (χ1v) is 7.75. The van der Waals surface area contributed by atoms with E-state index in [1.54, 1.807) is 6.92 Å². The Morgan fingerprint density at radius 2 is 1.94 bits per heavy atom. The molecule has 1 aromatic rings. The van der Waals surface area contributed by atoms with Crippen molar-refractivity contribution in [1.29, 1.82) is 0 Å². The van der Waals surface area contributed by atoms with Gasteiger partial charge >= 0.3 is 7.60 Å². The third-order valence-corrected chi connectivity index (χ3v) is 4.81. The quantitative estimate of drug-likeness (QED) is 0.738. The van der Waals surface area contributed by atoms with Gasteiger partial charge in [-0.25, -0.2) is 0 Å². The average molecular weight is 307 g/mol. The van der Waals surface area contributed by atoms with E-state index in [1.807, 2.05) is 31.2 Å². The fourth-order valence-electron chi connectivity index (χ4n) is 1.20. The molecule has 90 valence electrons. The van der Waals surface area contributed by atoms with Crippen molar-refractivity contribution in [3.63, 3.8) is 0 Å². The van der Waals surface area contributed by atoms with Crippen LogP contribution in [0, 0.1) is 0 Å². The summed E-state index contributed by atoms with van der Waals surface area (Å²) in [6.45, 7) is 4.31. The van der Waals surface area contributed by atoms with E-state index in [-0.39, 0.29) is 0 Å². The van der Waals surface area contributed by atoms with Gasteiger partial charge in [0.05, 0.1) is 13.2 Å².